The number of hydrogen-bond acceptors (Lipinski definition) is 5. The highest BCUT2D eigenvalue weighted by molar-refractivity contribution is 5.82. The van der Waals surface area contributed by atoms with Crippen LogP contribution in [-0.2, 0) is 14.3 Å². The molecule has 7 heteroatoms. The van der Waals surface area contributed by atoms with Crippen LogP contribution in [0.4, 0.5) is 9.59 Å². The van der Waals surface area contributed by atoms with Crippen LogP contribution < -0.4 is 10.6 Å². The molecule has 0 aromatic rings. The van der Waals surface area contributed by atoms with Gasteiger partial charge in [0.25, 0.3) is 0 Å². The minimum atomic E-state index is -0.614. The van der Waals surface area contributed by atoms with Gasteiger partial charge in [0.1, 0.15) is 5.78 Å². The van der Waals surface area contributed by atoms with Crippen LogP contribution in [0.15, 0.2) is 0 Å². The van der Waals surface area contributed by atoms with Crippen LogP contribution in [0, 0.1) is 5.92 Å². The Morgan fingerprint density at radius 2 is 1.41 bits per heavy atom. The standard InChI is InChI=1S/C10H18N2O5/c1-4-8(13)7(5-11-9(14)16-2)6-12-10(15)17-3/h7H,4-6H2,1-3H3,(H,11,14)(H,12,15). The van der Waals surface area contributed by atoms with E-state index in [1.807, 2.05) is 0 Å². The Morgan fingerprint density at radius 3 is 1.71 bits per heavy atom. The number of nitrogens with one attached hydrogen (secondary N) is 2. The zero-order chi connectivity index (χ0) is 13.3. The minimum Gasteiger partial charge on any atom is -0.453 e. The van der Waals surface area contributed by atoms with Gasteiger partial charge in [0, 0.05) is 19.5 Å². The largest absolute Gasteiger partial charge is 0.453 e. The monoisotopic (exact) mass is 246 g/mol. The third-order valence-electron chi connectivity index (χ3n) is 2.16. The number of ketones is 1. The minimum absolute atomic E-state index is 0.0576. The Balaban J connectivity index is 4.19. The smallest absolute Gasteiger partial charge is 0.406 e. The van der Waals surface area contributed by atoms with Crippen molar-refractivity contribution in [2.75, 3.05) is 27.3 Å². The van der Waals surface area contributed by atoms with Crippen molar-refractivity contribution in [3.05, 3.63) is 0 Å². The van der Waals surface area contributed by atoms with E-state index >= 15 is 0 Å². The second-order valence-electron chi connectivity index (χ2n) is 3.26. The van der Waals surface area contributed by atoms with E-state index in [2.05, 4.69) is 20.1 Å². The molecule has 98 valence electrons. The molecule has 0 aliphatic rings. The van der Waals surface area contributed by atoms with Crippen molar-refractivity contribution in [3.8, 4) is 0 Å². The van der Waals surface area contributed by atoms with Gasteiger partial charge in [0.15, 0.2) is 0 Å². The fourth-order valence-corrected chi connectivity index (χ4v) is 1.15. The predicted molar refractivity (Wildman–Crippen MR) is 59.6 cm³/mol. The second-order valence-corrected chi connectivity index (χ2v) is 3.26. The van der Waals surface area contributed by atoms with Gasteiger partial charge in [-0.05, 0) is 0 Å². The predicted octanol–water partition coefficient (Wildman–Crippen LogP) is 0.294. The van der Waals surface area contributed by atoms with E-state index in [-0.39, 0.29) is 18.9 Å². The van der Waals surface area contributed by atoms with E-state index in [1.165, 1.54) is 14.2 Å². The second kappa shape index (κ2) is 8.37. The number of alkyl carbamates (subject to hydrolysis) is 2. The van der Waals surface area contributed by atoms with Crippen molar-refractivity contribution >= 4 is 18.0 Å². The fourth-order valence-electron chi connectivity index (χ4n) is 1.15. The molecule has 0 rings (SSSR count). The third-order valence-corrected chi connectivity index (χ3v) is 2.16. The lowest BCUT2D eigenvalue weighted by atomic mass is 10.0. The highest BCUT2D eigenvalue weighted by atomic mass is 16.5. The molecule has 0 aromatic heterocycles. The first-order valence-corrected chi connectivity index (χ1v) is 5.21. The SMILES string of the molecule is CCC(=O)C(CNC(=O)OC)CNC(=O)OC. The van der Waals surface area contributed by atoms with Crippen molar-refractivity contribution in [1.29, 1.82) is 0 Å². The van der Waals surface area contributed by atoms with Gasteiger partial charge in [0.05, 0.1) is 20.1 Å². The zero-order valence-corrected chi connectivity index (χ0v) is 10.2. The van der Waals surface area contributed by atoms with Gasteiger partial charge >= 0.3 is 12.2 Å². The number of carbonyl (C=O) groups excluding carboxylic acids is 3. The number of Topliss-reactive ketones (excluding diaryl/α,β-unsaturated/α-hetero) is 1. The highest BCUT2D eigenvalue weighted by Gasteiger charge is 2.18. The Kier molecular flexibility index (Phi) is 7.49. The average molecular weight is 246 g/mol. The third kappa shape index (κ3) is 6.39. The van der Waals surface area contributed by atoms with Crippen molar-refractivity contribution in [2.45, 2.75) is 13.3 Å². The van der Waals surface area contributed by atoms with E-state index in [9.17, 15) is 14.4 Å². The summed E-state index contributed by atoms with van der Waals surface area (Å²) in [7, 11) is 2.47. The van der Waals surface area contributed by atoms with Crippen LogP contribution in [0.2, 0.25) is 0 Å². The lowest BCUT2D eigenvalue weighted by Gasteiger charge is -2.15. The van der Waals surface area contributed by atoms with Gasteiger partial charge in [-0.25, -0.2) is 9.59 Å². The van der Waals surface area contributed by atoms with Gasteiger partial charge in [-0.1, -0.05) is 6.92 Å². The lowest BCUT2D eigenvalue weighted by Crippen LogP contribution is -2.40. The van der Waals surface area contributed by atoms with Crippen LogP contribution in [0.25, 0.3) is 0 Å². The lowest BCUT2D eigenvalue weighted by molar-refractivity contribution is -0.122. The van der Waals surface area contributed by atoms with Gasteiger partial charge < -0.3 is 20.1 Å². The molecule has 0 saturated heterocycles. The van der Waals surface area contributed by atoms with Gasteiger partial charge in [-0.2, -0.15) is 0 Å². The van der Waals surface area contributed by atoms with Gasteiger partial charge in [-0.3, -0.25) is 4.79 Å². The molecule has 0 aliphatic carbocycles. The summed E-state index contributed by atoms with van der Waals surface area (Å²) in [4.78, 5) is 33.3. The summed E-state index contributed by atoms with van der Waals surface area (Å²) in [5.74, 6) is -0.545. The normalized spacial score (nSPS) is 9.65. The Bertz CT molecular complexity index is 260. The summed E-state index contributed by atoms with van der Waals surface area (Å²) in [6.07, 6.45) is -0.898. The summed E-state index contributed by atoms with van der Waals surface area (Å²) in [6.45, 7) is 1.94. The first-order chi connectivity index (χ1) is 8.04. The quantitative estimate of drug-likeness (QED) is 0.702. The molecule has 0 radical (unpaired) electrons. The number of amides is 2. The summed E-state index contributed by atoms with van der Waals surface area (Å²) in [5, 5.41) is 4.83. The molecule has 0 spiro atoms. The molecule has 0 saturated carbocycles. The summed E-state index contributed by atoms with van der Waals surface area (Å²) in [5.41, 5.74) is 0. The molecule has 0 unspecified atom stereocenters. The maximum absolute atomic E-state index is 11.5. The van der Waals surface area contributed by atoms with Crippen LogP contribution in [0.5, 0.6) is 0 Å². The first-order valence-electron chi connectivity index (χ1n) is 5.21. The molecule has 0 aliphatic heterocycles. The highest BCUT2D eigenvalue weighted by Crippen LogP contribution is 1.99. The fraction of sp³-hybridized carbons (Fsp3) is 0.700. The molecule has 0 aromatic carbocycles. The average Bonchev–Trinajstić information content (AvgIpc) is 2.36. The summed E-state index contributed by atoms with van der Waals surface area (Å²) >= 11 is 0. The van der Waals surface area contributed by atoms with E-state index < -0.39 is 18.1 Å². The summed E-state index contributed by atoms with van der Waals surface area (Å²) < 4.78 is 8.77. The van der Waals surface area contributed by atoms with E-state index in [0.29, 0.717) is 6.42 Å². The first kappa shape index (κ1) is 15.2. The maximum atomic E-state index is 11.5. The molecule has 0 bridgehead atoms. The van der Waals surface area contributed by atoms with Crippen LogP contribution in [0.3, 0.4) is 0 Å². The number of rotatable bonds is 6. The van der Waals surface area contributed by atoms with E-state index in [1.54, 1.807) is 6.92 Å². The molecule has 7 nitrogen and oxygen atoms in total. The molecule has 0 fully saturated rings. The summed E-state index contributed by atoms with van der Waals surface area (Å²) in [6, 6.07) is 0. The van der Waals surface area contributed by atoms with Gasteiger partial charge in [-0.15, -0.1) is 0 Å². The topological polar surface area (TPSA) is 93.7 Å². The molecule has 0 heterocycles. The van der Waals surface area contributed by atoms with E-state index in [0.717, 1.165) is 0 Å². The number of methoxy groups -OCH3 is 2. The maximum Gasteiger partial charge on any atom is 0.406 e. The van der Waals surface area contributed by atoms with E-state index in [4.69, 9.17) is 0 Å². The molecular formula is C10H18N2O5. The zero-order valence-electron chi connectivity index (χ0n) is 10.2. The van der Waals surface area contributed by atoms with Crippen molar-refractivity contribution < 1.29 is 23.9 Å². The van der Waals surface area contributed by atoms with Crippen molar-refractivity contribution in [2.24, 2.45) is 5.92 Å². The molecule has 0 atom stereocenters. The molecule has 17 heavy (non-hydrogen) atoms. The molecule has 2 N–H and O–H groups in total. The van der Waals surface area contributed by atoms with Gasteiger partial charge in [0.2, 0.25) is 0 Å². The van der Waals surface area contributed by atoms with Crippen molar-refractivity contribution in [3.63, 3.8) is 0 Å². The Morgan fingerprint density at radius 1 is 1.00 bits per heavy atom. The number of hydrogen-bond donors (Lipinski definition) is 2. The molecular weight excluding hydrogens is 228 g/mol. The van der Waals surface area contributed by atoms with Crippen LogP contribution in [-0.4, -0.2) is 45.3 Å². The Hall–Kier alpha value is -1.79. The number of ether oxygens (including phenoxy) is 2. The number of carbonyl (C=O) groups is 3. The molecule has 2 amide bonds. The van der Waals surface area contributed by atoms with Crippen LogP contribution >= 0.6 is 0 Å². The Labute approximate surface area is 99.8 Å². The van der Waals surface area contributed by atoms with Crippen LogP contribution in [0.1, 0.15) is 13.3 Å². The van der Waals surface area contributed by atoms with Crippen molar-refractivity contribution in [1.82, 2.24) is 10.6 Å².